The quantitative estimate of drug-likeness (QED) is 0.322. The number of aromatic nitrogens is 3. The molecular weight excluding hydrogens is 476 g/mol. The maximum atomic E-state index is 14.4. The van der Waals surface area contributed by atoms with Crippen molar-refractivity contribution in [3.63, 3.8) is 0 Å². The number of hydrogen-bond donors (Lipinski definition) is 3. The summed E-state index contributed by atoms with van der Waals surface area (Å²) in [5, 5.41) is 23.3. The second kappa shape index (κ2) is 8.96. The molecule has 0 spiro atoms. The largest absolute Gasteiger partial charge is 0.481 e. The highest BCUT2D eigenvalue weighted by molar-refractivity contribution is 5.94. The number of nitrogens with one attached hydrogen (secondary N) is 2. The van der Waals surface area contributed by atoms with E-state index in [2.05, 4.69) is 26.3 Å². The zero-order chi connectivity index (χ0) is 25.7. The van der Waals surface area contributed by atoms with Crippen LogP contribution in [0.1, 0.15) is 31.2 Å². The maximum Gasteiger partial charge on any atom is 0.308 e. The summed E-state index contributed by atoms with van der Waals surface area (Å²) in [7, 11) is 0. The molecule has 7 rings (SSSR count). The molecule has 0 aliphatic heterocycles. The molecule has 2 atom stereocenters. The molecule has 2 aromatic heterocycles. The molecule has 2 unspecified atom stereocenters. The summed E-state index contributed by atoms with van der Waals surface area (Å²) in [6, 6.07) is 12.6. The van der Waals surface area contributed by atoms with Crippen LogP contribution in [-0.4, -0.2) is 32.1 Å². The normalized spacial score (nSPS) is 22.6. The van der Waals surface area contributed by atoms with E-state index in [1.54, 1.807) is 30.3 Å². The molecule has 0 saturated heterocycles. The Morgan fingerprint density at radius 2 is 1.81 bits per heavy atom. The average Bonchev–Trinajstić information content (AvgIpc) is 3.33. The van der Waals surface area contributed by atoms with Crippen LogP contribution >= 0.6 is 0 Å². The van der Waals surface area contributed by atoms with E-state index in [4.69, 9.17) is 0 Å². The minimum absolute atomic E-state index is 0.111. The summed E-state index contributed by atoms with van der Waals surface area (Å²) >= 11 is 0. The number of fused-ring (bicyclic) bond motifs is 4. The summed E-state index contributed by atoms with van der Waals surface area (Å²) in [5.74, 6) is -1.88. The SMILES string of the molecule is N#Cc1ccccc1-c1cc(NC2C3CCC(CC3)C2C(=O)O)nc(-c2c[nH]c3c(F)cc(F)cc23)n1. The van der Waals surface area contributed by atoms with Crippen LogP contribution < -0.4 is 5.32 Å². The molecule has 2 bridgehead atoms. The van der Waals surface area contributed by atoms with Crippen LogP contribution in [0.4, 0.5) is 14.6 Å². The van der Waals surface area contributed by atoms with E-state index in [9.17, 15) is 23.9 Å². The van der Waals surface area contributed by atoms with Gasteiger partial charge in [-0.1, -0.05) is 18.2 Å². The third-order valence-electron chi connectivity index (χ3n) is 7.82. The van der Waals surface area contributed by atoms with Gasteiger partial charge in [-0.15, -0.1) is 0 Å². The number of rotatable bonds is 5. The van der Waals surface area contributed by atoms with Gasteiger partial charge in [0.15, 0.2) is 5.82 Å². The van der Waals surface area contributed by atoms with Crippen molar-refractivity contribution in [3.05, 3.63) is 65.9 Å². The highest BCUT2D eigenvalue weighted by Gasteiger charge is 2.47. The van der Waals surface area contributed by atoms with Crippen molar-refractivity contribution in [2.24, 2.45) is 17.8 Å². The van der Waals surface area contributed by atoms with Gasteiger partial charge in [0.25, 0.3) is 0 Å². The predicted molar refractivity (Wildman–Crippen MR) is 133 cm³/mol. The summed E-state index contributed by atoms with van der Waals surface area (Å²) in [6.07, 6.45) is 5.24. The Bertz CT molecular complexity index is 1570. The van der Waals surface area contributed by atoms with E-state index in [1.807, 2.05) is 0 Å². The molecule has 37 heavy (non-hydrogen) atoms. The maximum absolute atomic E-state index is 14.4. The number of hydrogen-bond acceptors (Lipinski definition) is 5. The lowest BCUT2D eigenvalue weighted by Crippen LogP contribution is -2.51. The third-order valence-corrected chi connectivity index (χ3v) is 7.82. The minimum Gasteiger partial charge on any atom is -0.481 e. The molecule has 2 heterocycles. The van der Waals surface area contributed by atoms with Crippen LogP contribution in [-0.2, 0) is 4.79 Å². The number of benzene rings is 2. The lowest BCUT2D eigenvalue weighted by Gasteiger charge is -2.47. The number of carboxylic acids is 1. The third kappa shape index (κ3) is 3.99. The van der Waals surface area contributed by atoms with Gasteiger partial charge in [-0.25, -0.2) is 18.7 Å². The predicted octanol–water partition coefficient (Wildman–Crippen LogP) is 5.74. The number of nitriles is 1. The van der Waals surface area contributed by atoms with Gasteiger partial charge < -0.3 is 15.4 Å². The van der Waals surface area contributed by atoms with Gasteiger partial charge in [0, 0.05) is 40.9 Å². The lowest BCUT2D eigenvalue weighted by molar-refractivity contribution is -0.148. The minimum atomic E-state index is -0.821. The first-order chi connectivity index (χ1) is 17.9. The van der Waals surface area contributed by atoms with Crippen LogP contribution in [0.2, 0.25) is 0 Å². The summed E-state index contributed by atoms with van der Waals surface area (Å²) < 4.78 is 28.5. The average molecular weight is 500 g/mol. The standard InChI is InChI=1S/C28H23F2N5O2/c29-17-9-19-20(13-32-26(19)21(30)10-17)27-33-22(18-4-2-1-3-16(18)12-31)11-23(35-27)34-25-15-7-5-14(6-8-15)24(25)28(36)37/h1-4,9-11,13-15,24-25,32H,5-8H2,(H,36,37)(H,33,34,35). The van der Waals surface area contributed by atoms with Gasteiger partial charge in [0.1, 0.15) is 17.5 Å². The molecule has 9 heteroatoms. The van der Waals surface area contributed by atoms with E-state index in [1.165, 1.54) is 12.3 Å². The van der Waals surface area contributed by atoms with E-state index in [0.717, 1.165) is 31.7 Å². The van der Waals surface area contributed by atoms with Crippen molar-refractivity contribution in [1.82, 2.24) is 15.0 Å². The number of nitrogens with zero attached hydrogens (tertiary/aromatic N) is 3. The number of aromatic amines is 1. The number of halogens is 2. The Morgan fingerprint density at radius 1 is 1.05 bits per heavy atom. The van der Waals surface area contributed by atoms with E-state index >= 15 is 0 Å². The van der Waals surface area contributed by atoms with Crippen molar-refractivity contribution in [1.29, 1.82) is 5.26 Å². The topological polar surface area (TPSA) is 115 Å². The molecule has 3 fully saturated rings. The fraction of sp³-hybridized carbons (Fsp3) is 0.286. The fourth-order valence-corrected chi connectivity index (χ4v) is 6.11. The lowest BCUT2D eigenvalue weighted by atomic mass is 9.61. The molecular formula is C28H23F2N5O2. The van der Waals surface area contributed by atoms with Gasteiger partial charge in [-0.05, 0) is 49.7 Å². The zero-order valence-electron chi connectivity index (χ0n) is 19.7. The molecule has 3 saturated carbocycles. The molecule has 7 nitrogen and oxygen atoms in total. The smallest absolute Gasteiger partial charge is 0.308 e. The molecule has 0 amide bonds. The van der Waals surface area contributed by atoms with Crippen LogP contribution in [0.3, 0.4) is 0 Å². The van der Waals surface area contributed by atoms with Crippen LogP contribution in [0.5, 0.6) is 0 Å². The van der Waals surface area contributed by atoms with Gasteiger partial charge in [0.2, 0.25) is 0 Å². The molecule has 3 aliphatic carbocycles. The number of anilines is 1. The Hall–Kier alpha value is -4.32. The number of carbonyl (C=O) groups is 1. The van der Waals surface area contributed by atoms with Crippen molar-refractivity contribution in [3.8, 4) is 28.7 Å². The van der Waals surface area contributed by atoms with Crippen molar-refractivity contribution < 1.29 is 18.7 Å². The number of H-pyrrole nitrogens is 1. The van der Waals surface area contributed by atoms with Gasteiger partial charge in [-0.2, -0.15) is 5.26 Å². The van der Waals surface area contributed by atoms with Gasteiger partial charge >= 0.3 is 5.97 Å². The second-order valence-electron chi connectivity index (χ2n) is 9.84. The molecule has 3 N–H and O–H groups in total. The van der Waals surface area contributed by atoms with Crippen molar-refractivity contribution in [2.75, 3.05) is 5.32 Å². The first-order valence-corrected chi connectivity index (χ1v) is 12.3. The first-order valence-electron chi connectivity index (χ1n) is 12.3. The molecule has 0 radical (unpaired) electrons. The van der Waals surface area contributed by atoms with E-state index in [-0.39, 0.29) is 34.6 Å². The highest BCUT2D eigenvalue weighted by atomic mass is 19.1. The van der Waals surface area contributed by atoms with Crippen LogP contribution in [0.15, 0.2) is 48.7 Å². The highest BCUT2D eigenvalue weighted by Crippen LogP contribution is 2.46. The number of aliphatic carboxylic acids is 1. The first kappa shape index (κ1) is 23.1. The monoisotopic (exact) mass is 499 g/mol. The fourth-order valence-electron chi connectivity index (χ4n) is 6.11. The molecule has 186 valence electrons. The second-order valence-corrected chi connectivity index (χ2v) is 9.84. The van der Waals surface area contributed by atoms with Crippen LogP contribution in [0, 0.1) is 40.7 Å². The van der Waals surface area contributed by atoms with E-state index in [0.29, 0.717) is 28.2 Å². The number of carboxylic acid groups (broad SMARTS) is 1. The van der Waals surface area contributed by atoms with Gasteiger partial charge in [-0.3, -0.25) is 4.79 Å². The summed E-state index contributed by atoms with van der Waals surface area (Å²) in [4.78, 5) is 24.4. The van der Waals surface area contributed by atoms with Crippen LogP contribution in [0.25, 0.3) is 33.5 Å². The Balaban J connectivity index is 1.50. The Labute approximate surface area is 211 Å². The molecule has 3 aliphatic rings. The summed E-state index contributed by atoms with van der Waals surface area (Å²) in [5.41, 5.74) is 1.97. The molecule has 4 aromatic rings. The van der Waals surface area contributed by atoms with Gasteiger partial charge in [0.05, 0.1) is 28.8 Å². The van der Waals surface area contributed by atoms with Crippen molar-refractivity contribution >= 4 is 22.7 Å². The Kier molecular flexibility index (Phi) is 5.60. The van der Waals surface area contributed by atoms with Crippen molar-refractivity contribution in [2.45, 2.75) is 31.7 Å². The van der Waals surface area contributed by atoms with E-state index < -0.39 is 23.5 Å². The summed E-state index contributed by atoms with van der Waals surface area (Å²) in [6.45, 7) is 0. The molecule has 2 aromatic carbocycles. The zero-order valence-corrected chi connectivity index (χ0v) is 19.7. The Morgan fingerprint density at radius 3 is 2.57 bits per heavy atom.